The minimum atomic E-state index is 0.845. The Labute approximate surface area is 119 Å². The van der Waals surface area contributed by atoms with Gasteiger partial charge in [0.2, 0.25) is 0 Å². The van der Waals surface area contributed by atoms with Gasteiger partial charge in [0.1, 0.15) is 0 Å². The van der Waals surface area contributed by atoms with Gasteiger partial charge in [0.05, 0.1) is 0 Å². The van der Waals surface area contributed by atoms with Crippen LogP contribution in [0.4, 0.5) is 5.69 Å². The summed E-state index contributed by atoms with van der Waals surface area (Å²) in [4.78, 5) is 4.16. The van der Waals surface area contributed by atoms with Gasteiger partial charge in [-0.3, -0.25) is 4.98 Å². The summed E-state index contributed by atoms with van der Waals surface area (Å²) in [5.41, 5.74) is 2.47. The molecule has 0 aliphatic carbocycles. The van der Waals surface area contributed by atoms with Gasteiger partial charge in [-0.2, -0.15) is 0 Å². The highest BCUT2D eigenvalue weighted by molar-refractivity contribution is 5.93. The van der Waals surface area contributed by atoms with E-state index in [9.17, 15) is 0 Å². The lowest BCUT2D eigenvalue weighted by molar-refractivity contribution is 0.682. The largest absolute Gasteiger partial charge is 0.380 e. The van der Waals surface area contributed by atoms with E-state index in [4.69, 9.17) is 0 Å². The Bertz CT molecular complexity index is 695. The van der Waals surface area contributed by atoms with E-state index in [2.05, 4.69) is 64.5 Å². The van der Waals surface area contributed by atoms with Crippen LogP contribution < -0.4 is 5.32 Å². The Hall–Kier alpha value is -2.29. The van der Waals surface area contributed by atoms with Gasteiger partial charge < -0.3 is 9.88 Å². The van der Waals surface area contributed by atoms with E-state index in [0.29, 0.717) is 0 Å². The van der Waals surface area contributed by atoms with Gasteiger partial charge in [-0.1, -0.05) is 19.1 Å². The average molecular weight is 265 g/mol. The van der Waals surface area contributed by atoms with E-state index in [-0.39, 0.29) is 0 Å². The molecule has 0 aliphatic rings. The van der Waals surface area contributed by atoms with Crippen molar-refractivity contribution in [1.29, 1.82) is 0 Å². The van der Waals surface area contributed by atoms with Gasteiger partial charge in [0, 0.05) is 54.3 Å². The van der Waals surface area contributed by atoms with Gasteiger partial charge in [0.15, 0.2) is 0 Å². The topological polar surface area (TPSA) is 29.9 Å². The van der Waals surface area contributed by atoms with Crippen LogP contribution in [0.25, 0.3) is 10.8 Å². The third-order valence-electron chi connectivity index (χ3n) is 3.46. The van der Waals surface area contributed by atoms with Gasteiger partial charge in [-0.25, -0.2) is 0 Å². The first-order chi connectivity index (χ1) is 9.86. The Morgan fingerprint density at radius 3 is 3.05 bits per heavy atom. The molecule has 2 heterocycles. The molecule has 20 heavy (non-hydrogen) atoms. The lowest BCUT2D eigenvalue weighted by atomic mass is 10.1. The highest BCUT2D eigenvalue weighted by atomic mass is 14.9. The number of rotatable bonds is 5. The van der Waals surface area contributed by atoms with Crippen molar-refractivity contribution in [2.45, 2.75) is 26.4 Å². The second-order valence-corrected chi connectivity index (χ2v) is 5.01. The Morgan fingerprint density at radius 2 is 2.15 bits per heavy atom. The van der Waals surface area contributed by atoms with E-state index in [0.717, 1.165) is 25.2 Å². The summed E-state index contributed by atoms with van der Waals surface area (Å²) in [5, 5.41) is 5.90. The normalized spacial score (nSPS) is 10.8. The predicted octanol–water partition coefficient (Wildman–Crippen LogP) is 4.06. The molecule has 0 radical (unpaired) electrons. The first-order valence-electron chi connectivity index (χ1n) is 7.08. The monoisotopic (exact) mass is 265 g/mol. The summed E-state index contributed by atoms with van der Waals surface area (Å²) in [7, 11) is 0. The van der Waals surface area contributed by atoms with Crippen molar-refractivity contribution >= 4 is 16.5 Å². The fraction of sp³-hybridized carbons (Fsp3) is 0.235. The first-order valence-corrected chi connectivity index (χ1v) is 7.08. The van der Waals surface area contributed by atoms with Crippen LogP contribution in [0.3, 0.4) is 0 Å². The zero-order valence-corrected chi connectivity index (χ0v) is 11.7. The van der Waals surface area contributed by atoms with Crippen molar-refractivity contribution in [3.05, 3.63) is 60.7 Å². The maximum atomic E-state index is 4.16. The van der Waals surface area contributed by atoms with Crippen molar-refractivity contribution in [3.8, 4) is 0 Å². The van der Waals surface area contributed by atoms with Crippen LogP contribution >= 0.6 is 0 Å². The molecule has 2 aromatic heterocycles. The molecule has 0 saturated heterocycles. The van der Waals surface area contributed by atoms with Crippen LogP contribution in [-0.4, -0.2) is 9.55 Å². The second-order valence-electron chi connectivity index (χ2n) is 5.01. The minimum absolute atomic E-state index is 0.845. The average Bonchev–Trinajstić information content (AvgIpc) is 2.93. The molecule has 0 spiro atoms. The number of benzene rings is 1. The van der Waals surface area contributed by atoms with Gasteiger partial charge in [-0.15, -0.1) is 0 Å². The van der Waals surface area contributed by atoms with E-state index >= 15 is 0 Å². The molecule has 0 aliphatic heterocycles. The summed E-state index contributed by atoms with van der Waals surface area (Å²) < 4.78 is 2.24. The van der Waals surface area contributed by atoms with Crippen LogP contribution in [0.15, 0.2) is 55.1 Å². The summed E-state index contributed by atoms with van der Waals surface area (Å²) in [5.74, 6) is 0. The lowest BCUT2D eigenvalue weighted by Crippen LogP contribution is -1.99. The fourth-order valence-electron chi connectivity index (χ4n) is 2.47. The third-order valence-corrected chi connectivity index (χ3v) is 3.46. The Morgan fingerprint density at radius 1 is 1.20 bits per heavy atom. The lowest BCUT2D eigenvalue weighted by Gasteiger charge is -2.08. The van der Waals surface area contributed by atoms with Crippen LogP contribution in [0.5, 0.6) is 0 Å². The van der Waals surface area contributed by atoms with E-state index in [1.165, 1.54) is 16.3 Å². The molecule has 0 saturated carbocycles. The molecular weight excluding hydrogens is 246 g/mol. The molecular formula is C17H19N3. The zero-order valence-electron chi connectivity index (χ0n) is 11.7. The summed E-state index contributed by atoms with van der Waals surface area (Å²) in [6, 6.07) is 10.5. The van der Waals surface area contributed by atoms with Crippen LogP contribution in [0.2, 0.25) is 0 Å². The molecule has 0 unspecified atom stereocenters. The molecule has 0 fully saturated rings. The molecule has 0 atom stereocenters. The second kappa shape index (κ2) is 5.78. The SMILES string of the molecule is CCCn1ccc(CNc2cccc3cnccc23)c1. The number of aromatic nitrogens is 2. The standard InChI is InChI=1S/C17H19N3/c1-2-9-20-10-7-14(13-20)11-19-17-5-3-4-15-12-18-8-6-16(15)17/h3-8,10,12-13,19H,2,9,11H2,1H3. The molecule has 0 amide bonds. The fourth-order valence-corrected chi connectivity index (χ4v) is 2.47. The van der Waals surface area contributed by atoms with Crippen LogP contribution in [0.1, 0.15) is 18.9 Å². The number of nitrogens with zero attached hydrogens (tertiary/aromatic N) is 2. The van der Waals surface area contributed by atoms with E-state index in [1.807, 2.05) is 12.4 Å². The number of anilines is 1. The number of hydrogen-bond acceptors (Lipinski definition) is 2. The number of fused-ring (bicyclic) bond motifs is 1. The summed E-state index contributed by atoms with van der Waals surface area (Å²) >= 11 is 0. The van der Waals surface area contributed by atoms with E-state index < -0.39 is 0 Å². The highest BCUT2D eigenvalue weighted by Crippen LogP contribution is 2.22. The van der Waals surface area contributed by atoms with Gasteiger partial charge in [-0.05, 0) is 30.2 Å². The van der Waals surface area contributed by atoms with E-state index in [1.54, 1.807) is 0 Å². The maximum absolute atomic E-state index is 4.16. The molecule has 3 heteroatoms. The van der Waals surface area contributed by atoms with Crippen LogP contribution in [-0.2, 0) is 13.1 Å². The third kappa shape index (κ3) is 2.67. The summed E-state index contributed by atoms with van der Waals surface area (Å²) in [6.45, 7) is 4.13. The highest BCUT2D eigenvalue weighted by Gasteiger charge is 2.01. The van der Waals surface area contributed by atoms with Crippen molar-refractivity contribution in [2.24, 2.45) is 0 Å². The van der Waals surface area contributed by atoms with Crippen molar-refractivity contribution in [3.63, 3.8) is 0 Å². The van der Waals surface area contributed by atoms with Crippen molar-refractivity contribution < 1.29 is 0 Å². The number of hydrogen-bond donors (Lipinski definition) is 1. The molecule has 1 N–H and O–H groups in total. The van der Waals surface area contributed by atoms with Gasteiger partial charge >= 0.3 is 0 Å². The Kier molecular flexibility index (Phi) is 3.68. The zero-order chi connectivity index (χ0) is 13.8. The van der Waals surface area contributed by atoms with Gasteiger partial charge in [0.25, 0.3) is 0 Å². The van der Waals surface area contributed by atoms with Crippen LogP contribution in [0, 0.1) is 0 Å². The van der Waals surface area contributed by atoms with Crippen molar-refractivity contribution in [2.75, 3.05) is 5.32 Å². The quantitative estimate of drug-likeness (QED) is 0.754. The Balaban J connectivity index is 1.76. The summed E-state index contributed by atoms with van der Waals surface area (Å²) in [6.07, 6.45) is 9.26. The molecule has 3 nitrogen and oxygen atoms in total. The molecule has 1 aromatic carbocycles. The number of aryl methyl sites for hydroxylation is 1. The molecule has 3 aromatic rings. The molecule has 102 valence electrons. The molecule has 3 rings (SSSR count). The number of nitrogens with one attached hydrogen (secondary N) is 1. The van der Waals surface area contributed by atoms with Crippen molar-refractivity contribution in [1.82, 2.24) is 9.55 Å². The molecule has 0 bridgehead atoms. The first kappa shape index (κ1) is 12.7. The smallest absolute Gasteiger partial charge is 0.0423 e. The number of pyridine rings is 1. The predicted molar refractivity (Wildman–Crippen MR) is 83.8 cm³/mol. The maximum Gasteiger partial charge on any atom is 0.0423 e. The minimum Gasteiger partial charge on any atom is -0.380 e.